The van der Waals surface area contributed by atoms with E-state index in [4.69, 9.17) is 0 Å². The van der Waals surface area contributed by atoms with Crippen LogP contribution in [0.4, 0.5) is 0 Å². The first kappa shape index (κ1) is 21.1. The molecule has 4 atom stereocenters. The number of aliphatic hydroxyl groups is 4. The molecule has 0 radical (unpaired) electrons. The largest absolute Gasteiger partial charge is 0.395 e. The molecule has 4 aliphatic heterocycles. The lowest BCUT2D eigenvalue weighted by atomic mass is 10.3. The third-order valence-electron chi connectivity index (χ3n) is 3.82. The van der Waals surface area contributed by atoms with Crippen LogP contribution in [-0.4, -0.2) is 67.9 Å². The Balaban J connectivity index is 1.47. The van der Waals surface area contributed by atoms with Crippen LogP contribution in [0.15, 0.2) is 25.4 Å². The lowest BCUT2D eigenvalue weighted by Gasteiger charge is -2.27. The van der Waals surface area contributed by atoms with Crippen molar-refractivity contribution < 1.29 is 20.4 Å². The Morgan fingerprint density at radius 2 is 0.654 bits per heavy atom. The molecule has 0 aliphatic carbocycles. The summed E-state index contributed by atoms with van der Waals surface area (Å²) in [5, 5.41) is 38.4. The zero-order chi connectivity index (χ0) is 18.3. The minimum atomic E-state index is 0.0400. The van der Waals surface area contributed by atoms with Gasteiger partial charge in [-0.05, 0) is 0 Å². The van der Waals surface area contributed by atoms with E-state index in [-0.39, 0.29) is 47.4 Å². The summed E-state index contributed by atoms with van der Waals surface area (Å²) in [5.41, 5.74) is 0. The lowest BCUT2D eigenvalue weighted by Crippen LogP contribution is -2.29. The Hall–Kier alpha value is 1.86. The van der Waals surface area contributed by atoms with Gasteiger partial charge in [0.25, 0.3) is 0 Å². The SMILES string of the molecule is OC[C@@H]1SC2=C(SC(=C3SC4=C(S3)S[C@H](CO)[C@@H](CO)S4)S2)S[C@@H]1CO. The van der Waals surface area contributed by atoms with E-state index in [1.54, 1.807) is 94.1 Å². The van der Waals surface area contributed by atoms with Crippen LogP contribution in [0.25, 0.3) is 0 Å². The molecule has 4 nitrogen and oxygen atoms in total. The summed E-state index contributed by atoms with van der Waals surface area (Å²) in [6.07, 6.45) is 0. The summed E-state index contributed by atoms with van der Waals surface area (Å²) >= 11 is 13.8. The van der Waals surface area contributed by atoms with Crippen molar-refractivity contribution in [2.45, 2.75) is 21.0 Å². The van der Waals surface area contributed by atoms with Gasteiger partial charge in [-0.2, -0.15) is 0 Å². The molecule has 0 aromatic heterocycles. The van der Waals surface area contributed by atoms with Crippen molar-refractivity contribution in [3.8, 4) is 0 Å². The van der Waals surface area contributed by atoms with Gasteiger partial charge in [0, 0.05) is 21.0 Å². The van der Waals surface area contributed by atoms with E-state index in [0.29, 0.717) is 0 Å². The number of thioether (sulfide) groups is 8. The van der Waals surface area contributed by atoms with Crippen LogP contribution >= 0.6 is 94.1 Å². The molecule has 4 N–H and O–H groups in total. The first-order valence-electron chi connectivity index (χ1n) is 7.71. The predicted molar refractivity (Wildman–Crippen MR) is 125 cm³/mol. The molecule has 0 fully saturated rings. The van der Waals surface area contributed by atoms with Gasteiger partial charge in [0.05, 0.1) is 51.9 Å². The molecule has 0 saturated heterocycles. The van der Waals surface area contributed by atoms with E-state index in [9.17, 15) is 20.4 Å². The minimum absolute atomic E-state index is 0.0400. The molecule has 0 aromatic carbocycles. The summed E-state index contributed by atoms with van der Waals surface area (Å²) in [7, 11) is 0. The molecule has 0 spiro atoms. The molecule has 0 unspecified atom stereocenters. The average molecular weight is 505 g/mol. The van der Waals surface area contributed by atoms with Gasteiger partial charge in [0.15, 0.2) is 0 Å². The highest BCUT2D eigenvalue weighted by Gasteiger charge is 2.40. The molecule has 4 heterocycles. The second-order valence-electron chi connectivity index (χ2n) is 5.49. The van der Waals surface area contributed by atoms with E-state index in [0.717, 1.165) is 0 Å². The fourth-order valence-corrected chi connectivity index (χ4v) is 15.6. The van der Waals surface area contributed by atoms with Gasteiger partial charge in [-0.1, -0.05) is 47.0 Å². The maximum Gasteiger partial charge on any atom is 0.0717 e. The Labute approximate surface area is 186 Å². The van der Waals surface area contributed by atoms with E-state index in [1.165, 1.54) is 25.4 Å². The second kappa shape index (κ2) is 9.34. The second-order valence-corrected chi connectivity index (χ2v) is 16.1. The van der Waals surface area contributed by atoms with Crippen LogP contribution in [0.1, 0.15) is 0 Å². The fraction of sp³-hybridized carbons (Fsp3) is 0.571. The third kappa shape index (κ3) is 4.18. The zero-order valence-corrected chi connectivity index (χ0v) is 19.7. The maximum absolute atomic E-state index is 9.57. The van der Waals surface area contributed by atoms with Gasteiger partial charge >= 0.3 is 0 Å². The van der Waals surface area contributed by atoms with Crippen molar-refractivity contribution in [1.82, 2.24) is 0 Å². The monoisotopic (exact) mass is 504 g/mol. The molecule has 4 rings (SSSR count). The van der Waals surface area contributed by atoms with Gasteiger partial charge in [0.2, 0.25) is 0 Å². The molecule has 26 heavy (non-hydrogen) atoms. The molecular formula is C14H16O4S8. The van der Waals surface area contributed by atoms with Crippen LogP contribution in [0.5, 0.6) is 0 Å². The van der Waals surface area contributed by atoms with Gasteiger partial charge in [-0.3, -0.25) is 0 Å². The third-order valence-corrected chi connectivity index (χ3v) is 16.8. The smallest absolute Gasteiger partial charge is 0.0717 e. The first-order chi connectivity index (χ1) is 12.7. The van der Waals surface area contributed by atoms with E-state index in [1.807, 2.05) is 0 Å². The van der Waals surface area contributed by atoms with Crippen LogP contribution in [0.3, 0.4) is 0 Å². The normalized spacial score (nSPS) is 34.6. The highest BCUT2D eigenvalue weighted by Crippen LogP contribution is 2.69. The fourth-order valence-electron chi connectivity index (χ4n) is 2.47. The summed E-state index contributed by atoms with van der Waals surface area (Å²) < 4.78 is 7.46. The van der Waals surface area contributed by atoms with Crippen molar-refractivity contribution in [2.75, 3.05) is 26.4 Å². The Morgan fingerprint density at radius 3 is 0.846 bits per heavy atom. The molecule has 12 heteroatoms. The number of hydrogen-bond donors (Lipinski definition) is 4. The maximum atomic E-state index is 9.57. The van der Waals surface area contributed by atoms with Crippen molar-refractivity contribution >= 4 is 94.1 Å². The van der Waals surface area contributed by atoms with E-state index >= 15 is 0 Å². The van der Waals surface area contributed by atoms with Gasteiger partial charge < -0.3 is 20.4 Å². The molecule has 0 bridgehead atoms. The topological polar surface area (TPSA) is 80.9 Å². The summed E-state index contributed by atoms with van der Waals surface area (Å²) in [6, 6.07) is 0. The van der Waals surface area contributed by atoms with Gasteiger partial charge in [-0.25, -0.2) is 0 Å². The zero-order valence-electron chi connectivity index (χ0n) is 13.2. The molecule has 0 amide bonds. The number of aliphatic hydroxyl groups excluding tert-OH is 4. The van der Waals surface area contributed by atoms with Crippen LogP contribution in [0, 0.1) is 0 Å². The lowest BCUT2D eigenvalue weighted by molar-refractivity contribution is 0.253. The van der Waals surface area contributed by atoms with E-state index < -0.39 is 0 Å². The minimum Gasteiger partial charge on any atom is -0.395 e. The number of rotatable bonds is 4. The highest BCUT2D eigenvalue weighted by molar-refractivity contribution is 8.45. The molecule has 4 aliphatic rings. The average Bonchev–Trinajstić information content (AvgIpc) is 3.28. The van der Waals surface area contributed by atoms with Crippen molar-refractivity contribution in [1.29, 1.82) is 0 Å². The van der Waals surface area contributed by atoms with Crippen LogP contribution < -0.4 is 0 Å². The van der Waals surface area contributed by atoms with E-state index in [2.05, 4.69) is 0 Å². The number of hydrogen-bond acceptors (Lipinski definition) is 12. The molecular weight excluding hydrogens is 489 g/mol. The van der Waals surface area contributed by atoms with Crippen LogP contribution in [-0.2, 0) is 0 Å². The van der Waals surface area contributed by atoms with Gasteiger partial charge in [-0.15, -0.1) is 47.0 Å². The standard InChI is InChI=1S/C14H16O4S8/c15-1-5-6(2-16)20-10-9(19-5)23-13(24-10)14-25-11-12(26-14)22-8(4-18)7(3-17)21-11/h5-8,15-18H,1-4H2/t5-,6-,7-,8+/m1/s1. The summed E-state index contributed by atoms with van der Waals surface area (Å²) in [6.45, 7) is 0.312. The Morgan fingerprint density at radius 1 is 0.423 bits per heavy atom. The van der Waals surface area contributed by atoms with Crippen LogP contribution in [0.2, 0.25) is 0 Å². The molecule has 0 aromatic rings. The Bertz CT molecular complexity index is 570. The van der Waals surface area contributed by atoms with Crippen molar-refractivity contribution in [3.05, 3.63) is 25.4 Å². The summed E-state index contributed by atoms with van der Waals surface area (Å²) in [5.74, 6) is 0. The Kier molecular flexibility index (Phi) is 7.58. The quantitative estimate of drug-likeness (QED) is 0.450. The molecule has 144 valence electrons. The molecule has 0 saturated carbocycles. The van der Waals surface area contributed by atoms with Gasteiger partial charge in [0.1, 0.15) is 0 Å². The predicted octanol–water partition coefficient (Wildman–Crippen LogP) is 3.73. The first-order valence-corrected chi connectivity index (χ1v) is 14.5. The highest BCUT2D eigenvalue weighted by atomic mass is 32.3. The van der Waals surface area contributed by atoms with Crippen molar-refractivity contribution in [3.63, 3.8) is 0 Å². The van der Waals surface area contributed by atoms with Crippen molar-refractivity contribution in [2.24, 2.45) is 0 Å². The summed E-state index contributed by atoms with van der Waals surface area (Å²) in [4.78, 5) is 0.